The molecule has 0 amide bonds. The molecule has 142 valence electrons. The first-order valence-electron chi connectivity index (χ1n) is 8.37. The lowest BCUT2D eigenvalue weighted by Gasteiger charge is -2.13. The summed E-state index contributed by atoms with van der Waals surface area (Å²) in [7, 11) is 3.19. The van der Waals surface area contributed by atoms with Crippen LogP contribution in [0.15, 0.2) is 41.8 Å². The molecule has 0 aliphatic rings. The Balaban J connectivity index is 1.68. The summed E-state index contributed by atoms with van der Waals surface area (Å²) >= 11 is 1.53. The first kappa shape index (κ1) is 19.3. The zero-order valence-electron chi connectivity index (χ0n) is 15.3. The van der Waals surface area contributed by atoms with Gasteiger partial charge in [-0.3, -0.25) is 0 Å². The molecule has 3 aromatic rings. The summed E-state index contributed by atoms with van der Waals surface area (Å²) < 4.78 is 37.0. The van der Waals surface area contributed by atoms with E-state index in [4.69, 9.17) is 9.47 Å². The third-order valence-corrected chi connectivity index (χ3v) is 5.16. The lowest BCUT2D eigenvalue weighted by molar-refractivity contribution is 0.355. The molecule has 1 atom stereocenters. The molecule has 0 saturated heterocycles. The van der Waals surface area contributed by atoms with Crippen molar-refractivity contribution in [2.24, 2.45) is 0 Å². The Bertz CT molecular complexity index is 930. The van der Waals surface area contributed by atoms with Crippen LogP contribution < -0.4 is 14.8 Å². The zero-order chi connectivity index (χ0) is 19.4. The fourth-order valence-electron chi connectivity index (χ4n) is 2.65. The molecule has 0 saturated carbocycles. The molecule has 4 nitrogen and oxygen atoms in total. The molecule has 2 aromatic carbocycles. The van der Waals surface area contributed by atoms with Crippen LogP contribution in [0, 0.1) is 11.6 Å². The van der Waals surface area contributed by atoms with Crippen LogP contribution in [0.3, 0.4) is 0 Å². The molecule has 0 unspecified atom stereocenters. The molecule has 3 rings (SSSR count). The predicted molar refractivity (Wildman–Crippen MR) is 102 cm³/mol. The number of thiazole rings is 1. The fraction of sp³-hybridized carbons (Fsp3) is 0.250. The van der Waals surface area contributed by atoms with Gasteiger partial charge in [0.15, 0.2) is 23.1 Å². The van der Waals surface area contributed by atoms with E-state index in [1.54, 1.807) is 20.3 Å². The third kappa shape index (κ3) is 4.43. The van der Waals surface area contributed by atoms with Crippen molar-refractivity contribution < 1.29 is 18.3 Å². The number of halogens is 2. The topological polar surface area (TPSA) is 43.4 Å². The van der Waals surface area contributed by atoms with E-state index in [0.29, 0.717) is 23.6 Å². The quantitative estimate of drug-likeness (QED) is 0.619. The Labute approximate surface area is 160 Å². The zero-order valence-corrected chi connectivity index (χ0v) is 16.1. The van der Waals surface area contributed by atoms with Gasteiger partial charge in [0.05, 0.1) is 19.9 Å². The van der Waals surface area contributed by atoms with Gasteiger partial charge in [0.25, 0.3) is 0 Å². The standard InChI is InChI=1S/C20H20F2N2O2S/c1-12(13-4-6-16(21)17(22)8-13)23-10-15-11-27-20(24-15)14-5-7-18(25-2)19(9-14)26-3/h4-9,11-12,23H,10H2,1-3H3/t12-/m0/s1. The molecule has 0 bridgehead atoms. The van der Waals surface area contributed by atoms with E-state index >= 15 is 0 Å². The first-order chi connectivity index (χ1) is 13.0. The Hall–Kier alpha value is -2.51. The van der Waals surface area contributed by atoms with Crippen molar-refractivity contribution >= 4 is 11.3 Å². The molecule has 0 aliphatic heterocycles. The summed E-state index contributed by atoms with van der Waals surface area (Å²) in [6.07, 6.45) is 0. The van der Waals surface area contributed by atoms with E-state index in [1.807, 2.05) is 30.5 Å². The maximum absolute atomic E-state index is 13.4. The Morgan fingerprint density at radius 3 is 2.52 bits per heavy atom. The number of aromatic nitrogens is 1. The van der Waals surface area contributed by atoms with Crippen molar-refractivity contribution in [2.75, 3.05) is 14.2 Å². The van der Waals surface area contributed by atoms with Crippen molar-refractivity contribution in [3.05, 3.63) is 64.7 Å². The summed E-state index contributed by atoms with van der Waals surface area (Å²) in [6, 6.07) is 9.46. The number of rotatable bonds is 7. The van der Waals surface area contributed by atoms with E-state index in [0.717, 1.165) is 22.3 Å². The number of hydrogen-bond donors (Lipinski definition) is 1. The Kier molecular flexibility index (Phi) is 6.03. The molecular formula is C20H20F2N2O2S. The van der Waals surface area contributed by atoms with Crippen LogP contribution in [0.4, 0.5) is 8.78 Å². The van der Waals surface area contributed by atoms with Gasteiger partial charge in [-0.15, -0.1) is 11.3 Å². The smallest absolute Gasteiger partial charge is 0.161 e. The molecule has 27 heavy (non-hydrogen) atoms. The summed E-state index contributed by atoms with van der Waals surface area (Å²) in [4.78, 5) is 4.63. The maximum atomic E-state index is 13.4. The van der Waals surface area contributed by atoms with Gasteiger partial charge in [-0.1, -0.05) is 6.07 Å². The number of methoxy groups -OCH3 is 2. The molecule has 7 heteroatoms. The largest absolute Gasteiger partial charge is 0.493 e. The van der Waals surface area contributed by atoms with E-state index < -0.39 is 11.6 Å². The number of ether oxygens (including phenoxy) is 2. The molecule has 0 fully saturated rings. The van der Waals surface area contributed by atoms with Gasteiger partial charge in [0.1, 0.15) is 5.01 Å². The molecular weight excluding hydrogens is 370 g/mol. The maximum Gasteiger partial charge on any atom is 0.161 e. The SMILES string of the molecule is COc1ccc(-c2nc(CN[C@@H](C)c3ccc(F)c(F)c3)cs2)cc1OC. The molecule has 0 spiro atoms. The van der Waals surface area contributed by atoms with Gasteiger partial charge in [-0.05, 0) is 42.8 Å². The van der Waals surface area contributed by atoms with Crippen LogP contribution >= 0.6 is 11.3 Å². The Morgan fingerprint density at radius 2 is 1.81 bits per heavy atom. The second kappa shape index (κ2) is 8.45. The van der Waals surface area contributed by atoms with Gasteiger partial charge in [0, 0.05) is 23.5 Å². The van der Waals surface area contributed by atoms with Crippen molar-refractivity contribution in [3.63, 3.8) is 0 Å². The minimum absolute atomic E-state index is 0.133. The van der Waals surface area contributed by atoms with E-state index in [9.17, 15) is 8.78 Å². The summed E-state index contributed by atoms with van der Waals surface area (Å²) in [6.45, 7) is 2.41. The van der Waals surface area contributed by atoms with Gasteiger partial charge >= 0.3 is 0 Å². The van der Waals surface area contributed by atoms with Gasteiger partial charge in [-0.2, -0.15) is 0 Å². The van der Waals surface area contributed by atoms with Crippen LogP contribution in [0.2, 0.25) is 0 Å². The van der Waals surface area contributed by atoms with Crippen molar-refractivity contribution in [1.29, 1.82) is 0 Å². The van der Waals surface area contributed by atoms with Crippen LogP contribution in [-0.2, 0) is 6.54 Å². The molecule has 1 aromatic heterocycles. The molecule has 1 N–H and O–H groups in total. The first-order valence-corrected chi connectivity index (χ1v) is 9.25. The van der Waals surface area contributed by atoms with Crippen molar-refractivity contribution in [3.8, 4) is 22.1 Å². The summed E-state index contributed by atoms with van der Waals surface area (Å²) in [5.41, 5.74) is 2.50. The lowest BCUT2D eigenvalue weighted by atomic mass is 10.1. The van der Waals surface area contributed by atoms with E-state index in [-0.39, 0.29) is 6.04 Å². The summed E-state index contributed by atoms with van der Waals surface area (Å²) in [5, 5.41) is 6.12. The molecule has 0 radical (unpaired) electrons. The predicted octanol–water partition coefficient (Wildman–Crippen LogP) is 4.96. The van der Waals surface area contributed by atoms with E-state index in [1.165, 1.54) is 17.4 Å². The third-order valence-electron chi connectivity index (χ3n) is 4.22. The van der Waals surface area contributed by atoms with Crippen LogP contribution in [0.5, 0.6) is 11.5 Å². The minimum atomic E-state index is -0.843. The average molecular weight is 390 g/mol. The lowest BCUT2D eigenvalue weighted by Crippen LogP contribution is -2.18. The number of nitrogens with zero attached hydrogens (tertiary/aromatic N) is 1. The highest BCUT2D eigenvalue weighted by molar-refractivity contribution is 7.13. The van der Waals surface area contributed by atoms with Crippen molar-refractivity contribution in [1.82, 2.24) is 10.3 Å². The number of benzene rings is 2. The van der Waals surface area contributed by atoms with Gasteiger partial charge < -0.3 is 14.8 Å². The molecule has 1 heterocycles. The minimum Gasteiger partial charge on any atom is -0.493 e. The van der Waals surface area contributed by atoms with E-state index in [2.05, 4.69) is 10.3 Å². The van der Waals surface area contributed by atoms with Gasteiger partial charge in [-0.25, -0.2) is 13.8 Å². The van der Waals surface area contributed by atoms with Crippen molar-refractivity contribution in [2.45, 2.75) is 19.5 Å². The Morgan fingerprint density at radius 1 is 1.04 bits per heavy atom. The van der Waals surface area contributed by atoms with Gasteiger partial charge in [0.2, 0.25) is 0 Å². The monoisotopic (exact) mass is 390 g/mol. The second-order valence-corrected chi connectivity index (χ2v) is 6.85. The van der Waals surface area contributed by atoms with Crippen LogP contribution in [0.1, 0.15) is 24.2 Å². The number of hydrogen-bond acceptors (Lipinski definition) is 5. The summed E-state index contributed by atoms with van der Waals surface area (Å²) in [5.74, 6) is -0.368. The average Bonchev–Trinajstić information content (AvgIpc) is 3.16. The second-order valence-electron chi connectivity index (χ2n) is 5.99. The highest BCUT2D eigenvalue weighted by Crippen LogP contribution is 2.33. The number of nitrogens with one attached hydrogen (secondary N) is 1. The fourth-order valence-corrected chi connectivity index (χ4v) is 3.46. The van der Waals surface area contributed by atoms with Crippen LogP contribution in [-0.4, -0.2) is 19.2 Å². The van der Waals surface area contributed by atoms with Crippen LogP contribution in [0.25, 0.3) is 10.6 Å². The molecule has 0 aliphatic carbocycles. The normalized spacial score (nSPS) is 12.0. The highest BCUT2D eigenvalue weighted by atomic mass is 32.1. The highest BCUT2D eigenvalue weighted by Gasteiger charge is 2.12.